The monoisotopic (exact) mass is 328 g/mol. The molecule has 1 aromatic rings. The van der Waals surface area contributed by atoms with Crippen LogP contribution in [-0.4, -0.2) is 17.9 Å². The molecule has 2 aliphatic carbocycles. The van der Waals surface area contributed by atoms with E-state index in [1.54, 1.807) is 0 Å². The van der Waals surface area contributed by atoms with Crippen LogP contribution >= 0.6 is 0 Å². The van der Waals surface area contributed by atoms with E-state index >= 15 is 0 Å². The Kier molecular flexibility index (Phi) is 5.22. The lowest BCUT2D eigenvalue weighted by atomic mass is 9.81. The molecule has 4 heteroatoms. The molecule has 2 aliphatic rings. The van der Waals surface area contributed by atoms with Crippen molar-refractivity contribution in [1.29, 1.82) is 0 Å². The minimum Gasteiger partial charge on any atom is -0.353 e. The number of hydrogen-bond donors (Lipinski definition) is 2. The van der Waals surface area contributed by atoms with E-state index in [-0.39, 0.29) is 23.7 Å². The van der Waals surface area contributed by atoms with Gasteiger partial charge >= 0.3 is 0 Å². The number of carbonyl (C=O) groups excluding carboxylic acids is 2. The molecular weight excluding hydrogens is 300 g/mol. The molecule has 2 saturated carbocycles. The third-order valence-electron chi connectivity index (χ3n) is 5.24. The van der Waals surface area contributed by atoms with Gasteiger partial charge in [0.05, 0.1) is 0 Å². The maximum atomic E-state index is 12.4. The largest absolute Gasteiger partial charge is 0.353 e. The van der Waals surface area contributed by atoms with Gasteiger partial charge in [-0.25, -0.2) is 0 Å². The molecule has 1 aromatic carbocycles. The molecule has 0 unspecified atom stereocenters. The molecule has 130 valence electrons. The Morgan fingerprint density at radius 2 is 1.42 bits per heavy atom. The average molecular weight is 328 g/mol. The van der Waals surface area contributed by atoms with Crippen molar-refractivity contribution in [2.24, 2.45) is 11.8 Å². The van der Waals surface area contributed by atoms with Crippen LogP contribution in [0.15, 0.2) is 24.3 Å². The van der Waals surface area contributed by atoms with Crippen molar-refractivity contribution >= 4 is 17.5 Å². The van der Waals surface area contributed by atoms with Gasteiger partial charge in [-0.05, 0) is 62.1 Å². The summed E-state index contributed by atoms with van der Waals surface area (Å²) < 4.78 is 0. The zero-order valence-electron chi connectivity index (χ0n) is 14.7. The van der Waals surface area contributed by atoms with Crippen molar-refractivity contribution in [3.8, 4) is 0 Å². The minimum absolute atomic E-state index is 0.0275. The third kappa shape index (κ3) is 4.37. The first-order valence-corrected chi connectivity index (χ1v) is 9.24. The van der Waals surface area contributed by atoms with Crippen LogP contribution in [0.2, 0.25) is 0 Å². The standard InChI is InChI=1S/C20H28N2O2/c1-13(2)14-7-9-17(10-8-14)21-19(23)15-3-5-16(6-4-15)20(24)22-18-11-12-18/h7-10,13,15-16,18H,3-6,11-12H2,1-2H3,(H,21,23)(H,22,24). The number of anilines is 1. The lowest BCUT2D eigenvalue weighted by Crippen LogP contribution is -2.36. The van der Waals surface area contributed by atoms with Crippen molar-refractivity contribution in [3.63, 3.8) is 0 Å². The molecule has 2 N–H and O–H groups in total. The van der Waals surface area contributed by atoms with Crippen molar-refractivity contribution in [3.05, 3.63) is 29.8 Å². The van der Waals surface area contributed by atoms with Crippen molar-refractivity contribution in [1.82, 2.24) is 5.32 Å². The van der Waals surface area contributed by atoms with Gasteiger partial charge in [0, 0.05) is 23.6 Å². The zero-order valence-corrected chi connectivity index (χ0v) is 14.7. The third-order valence-corrected chi connectivity index (χ3v) is 5.24. The van der Waals surface area contributed by atoms with E-state index in [9.17, 15) is 9.59 Å². The molecule has 0 heterocycles. The van der Waals surface area contributed by atoms with E-state index in [0.717, 1.165) is 44.2 Å². The van der Waals surface area contributed by atoms with Crippen LogP contribution in [0.3, 0.4) is 0 Å². The predicted molar refractivity (Wildman–Crippen MR) is 95.8 cm³/mol. The smallest absolute Gasteiger partial charge is 0.227 e. The van der Waals surface area contributed by atoms with E-state index in [2.05, 4.69) is 36.6 Å². The van der Waals surface area contributed by atoms with Crippen LogP contribution in [0.5, 0.6) is 0 Å². The first kappa shape index (κ1) is 17.0. The van der Waals surface area contributed by atoms with Gasteiger partial charge in [-0.3, -0.25) is 9.59 Å². The van der Waals surface area contributed by atoms with E-state index in [0.29, 0.717) is 12.0 Å². The highest BCUT2D eigenvalue weighted by Gasteiger charge is 2.32. The molecular formula is C20H28N2O2. The summed E-state index contributed by atoms with van der Waals surface area (Å²) in [7, 11) is 0. The van der Waals surface area contributed by atoms with Gasteiger partial charge in [0.1, 0.15) is 0 Å². The first-order valence-electron chi connectivity index (χ1n) is 9.24. The fourth-order valence-electron chi connectivity index (χ4n) is 3.36. The highest BCUT2D eigenvalue weighted by Crippen LogP contribution is 2.31. The van der Waals surface area contributed by atoms with E-state index < -0.39 is 0 Å². The maximum Gasteiger partial charge on any atom is 0.227 e. The molecule has 4 nitrogen and oxygen atoms in total. The Balaban J connectivity index is 1.46. The summed E-state index contributed by atoms with van der Waals surface area (Å²) in [6.45, 7) is 4.32. The van der Waals surface area contributed by atoms with E-state index in [4.69, 9.17) is 0 Å². The fourth-order valence-corrected chi connectivity index (χ4v) is 3.36. The number of rotatable bonds is 5. The van der Waals surface area contributed by atoms with Gasteiger partial charge < -0.3 is 10.6 Å². The van der Waals surface area contributed by atoms with Gasteiger partial charge in [-0.1, -0.05) is 26.0 Å². The van der Waals surface area contributed by atoms with Crippen LogP contribution in [-0.2, 0) is 9.59 Å². The number of amides is 2. The molecule has 0 atom stereocenters. The number of carbonyl (C=O) groups is 2. The van der Waals surface area contributed by atoms with E-state index in [1.165, 1.54) is 5.56 Å². The quantitative estimate of drug-likeness (QED) is 0.863. The maximum absolute atomic E-state index is 12.4. The number of nitrogens with one attached hydrogen (secondary N) is 2. The highest BCUT2D eigenvalue weighted by atomic mass is 16.2. The van der Waals surface area contributed by atoms with Gasteiger partial charge in [-0.15, -0.1) is 0 Å². The second kappa shape index (κ2) is 7.37. The molecule has 0 saturated heterocycles. The summed E-state index contributed by atoms with van der Waals surface area (Å²) >= 11 is 0. The second-order valence-electron chi connectivity index (χ2n) is 7.60. The van der Waals surface area contributed by atoms with Crippen molar-refractivity contribution < 1.29 is 9.59 Å². The Hall–Kier alpha value is -1.84. The first-order chi connectivity index (χ1) is 11.5. The fraction of sp³-hybridized carbons (Fsp3) is 0.600. The average Bonchev–Trinajstić information content (AvgIpc) is 3.39. The van der Waals surface area contributed by atoms with Gasteiger partial charge in [0.25, 0.3) is 0 Å². The lowest BCUT2D eigenvalue weighted by molar-refractivity contribution is -0.128. The molecule has 0 spiro atoms. The van der Waals surface area contributed by atoms with Crippen LogP contribution in [0.1, 0.15) is 63.9 Å². The molecule has 0 radical (unpaired) electrons. The zero-order chi connectivity index (χ0) is 17.1. The molecule has 0 bridgehead atoms. The lowest BCUT2D eigenvalue weighted by Gasteiger charge is -2.27. The molecule has 0 aliphatic heterocycles. The Morgan fingerprint density at radius 1 is 0.875 bits per heavy atom. The van der Waals surface area contributed by atoms with E-state index in [1.807, 2.05) is 12.1 Å². The van der Waals surface area contributed by atoms with Gasteiger partial charge in [-0.2, -0.15) is 0 Å². The van der Waals surface area contributed by atoms with Gasteiger partial charge in [0.15, 0.2) is 0 Å². The van der Waals surface area contributed by atoms with Crippen LogP contribution in [0.4, 0.5) is 5.69 Å². The number of benzene rings is 1. The summed E-state index contributed by atoms with van der Waals surface area (Å²) in [4.78, 5) is 24.5. The number of hydrogen-bond acceptors (Lipinski definition) is 2. The van der Waals surface area contributed by atoms with Crippen molar-refractivity contribution in [2.75, 3.05) is 5.32 Å². The normalized spacial score (nSPS) is 23.8. The molecule has 0 aromatic heterocycles. The summed E-state index contributed by atoms with van der Waals surface area (Å²) in [6.07, 6.45) is 5.50. The Labute approximate surface area is 144 Å². The minimum atomic E-state index is 0.0275. The van der Waals surface area contributed by atoms with Crippen molar-refractivity contribution in [2.45, 2.75) is 64.3 Å². The summed E-state index contributed by atoms with van der Waals surface area (Å²) in [5.41, 5.74) is 2.13. The van der Waals surface area contributed by atoms with Crippen LogP contribution in [0, 0.1) is 11.8 Å². The van der Waals surface area contributed by atoms with Crippen LogP contribution < -0.4 is 10.6 Å². The Morgan fingerprint density at radius 3 is 1.92 bits per heavy atom. The highest BCUT2D eigenvalue weighted by molar-refractivity contribution is 5.92. The SMILES string of the molecule is CC(C)c1ccc(NC(=O)C2CCC(C(=O)NC3CC3)CC2)cc1. The van der Waals surface area contributed by atoms with Crippen LogP contribution in [0.25, 0.3) is 0 Å². The molecule has 2 amide bonds. The van der Waals surface area contributed by atoms with Gasteiger partial charge in [0.2, 0.25) is 11.8 Å². The predicted octanol–water partition coefficient (Wildman–Crippen LogP) is 3.83. The summed E-state index contributed by atoms with van der Waals surface area (Å²) in [5.74, 6) is 0.903. The Bertz CT molecular complexity index is 582. The summed E-state index contributed by atoms with van der Waals surface area (Å²) in [6, 6.07) is 8.51. The summed E-state index contributed by atoms with van der Waals surface area (Å²) in [5, 5.41) is 6.11. The topological polar surface area (TPSA) is 58.2 Å². The molecule has 24 heavy (non-hydrogen) atoms. The second-order valence-corrected chi connectivity index (χ2v) is 7.60. The molecule has 2 fully saturated rings. The molecule has 3 rings (SSSR count).